The first-order valence-corrected chi connectivity index (χ1v) is 9.49. The number of nitrogens with zero attached hydrogens (tertiary/aromatic N) is 2. The average molecular weight is 394 g/mol. The number of benzene rings is 1. The Morgan fingerprint density at radius 2 is 1.82 bits per heavy atom. The number of hydrogen-bond donors (Lipinski definition) is 2. The van der Waals surface area contributed by atoms with Gasteiger partial charge >= 0.3 is 6.09 Å². The Hall–Kier alpha value is -2.35. The highest BCUT2D eigenvalue weighted by atomic mass is 19.1. The van der Waals surface area contributed by atoms with E-state index >= 15 is 0 Å². The van der Waals surface area contributed by atoms with Crippen LogP contribution in [0.2, 0.25) is 0 Å². The third kappa shape index (κ3) is 5.82. The van der Waals surface area contributed by atoms with Crippen LogP contribution in [-0.2, 0) is 9.53 Å². The molecule has 0 aromatic heterocycles. The van der Waals surface area contributed by atoms with Gasteiger partial charge < -0.3 is 25.6 Å². The van der Waals surface area contributed by atoms with Gasteiger partial charge in [0.15, 0.2) is 0 Å². The van der Waals surface area contributed by atoms with Crippen molar-refractivity contribution >= 4 is 17.7 Å². The fourth-order valence-corrected chi connectivity index (χ4v) is 3.08. The second-order valence-electron chi connectivity index (χ2n) is 8.32. The summed E-state index contributed by atoms with van der Waals surface area (Å²) in [7, 11) is 2.00. The molecule has 0 saturated carbocycles. The molecule has 0 unspecified atom stereocenters. The molecule has 28 heavy (non-hydrogen) atoms. The standard InChI is InChI=1S/C20H31FN4O3/c1-13(14-6-7-16(22)15(21)12-14)17(23-19(27)28-20(2,3)4)18(26)25-10-8-24(5)9-11-25/h6-7,12-13,17H,8-11,22H2,1-5H3,(H,23,27)/t13-,17+/m0/s1. The van der Waals surface area contributed by atoms with E-state index in [1.165, 1.54) is 12.1 Å². The molecule has 1 aliphatic rings. The summed E-state index contributed by atoms with van der Waals surface area (Å²) in [5.74, 6) is -1.22. The second-order valence-corrected chi connectivity index (χ2v) is 8.32. The van der Waals surface area contributed by atoms with E-state index in [-0.39, 0.29) is 11.6 Å². The van der Waals surface area contributed by atoms with E-state index < -0.39 is 29.5 Å². The highest BCUT2D eigenvalue weighted by Gasteiger charge is 2.34. The predicted molar refractivity (Wildman–Crippen MR) is 106 cm³/mol. The number of nitrogens with two attached hydrogens (primary N) is 1. The van der Waals surface area contributed by atoms with Gasteiger partial charge in [0.25, 0.3) is 0 Å². The zero-order chi connectivity index (χ0) is 21.1. The number of nitrogen functional groups attached to an aromatic ring is 1. The molecule has 0 radical (unpaired) electrons. The molecule has 0 spiro atoms. The summed E-state index contributed by atoms with van der Waals surface area (Å²) >= 11 is 0. The van der Waals surface area contributed by atoms with Crippen molar-refractivity contribution in [2.45, 2.75) is 45.3 Å². The average Bonchev–Trinajstić information content (AvgIpc) is 2.60. The minimum Gasteiger partial charge on any atom is -0.444 e. The number of rotatable bonds is 4. The molecule has 156 valence electrons. The van der Waals surface area contributed by atoms with Gasteiger partial charge in [-0.3, -0.25) is 4.79 Å². The number of carbonyl (C=O) groups excluding carboxylic acids is 2. The molecule has 0 aliphatic carbocycles. The molecule has 2 atom stereocenters. The summed E-state index contributed by atoms with van der Waals surface area (Å²) in [6.07, 6.45) is -0.678. The fraction of sp³-hybridized carbons (Fsp3) is 0.600. The Morgan fingerprint density at radius 1 is 1.21 bits per heavy atom. The Bertz CT molecular complexity index is 712. The van der Waals surface area contributed by atoms with Crippen LogP contribution < -0.4 is 11.1 Å². The maximum absolute atomic E-state index is 13.9. The summed E-state index contributed by atoms with van der Waals surface area (Å²) in [5.41, 5.74) is 5.49. The van der Waals surface area contributed by atoms with E-state index in [1.807, 2.05) is 7.05 Å². The first kappa shape index (κ1) is 21.9. The number of anilines is 1. The van der Waals surface area contributed by atoms with Crippen molar-refractivity contribution in [3.05, 3.63) is 29.6 Å². The van der Waals surface area contributed by atoms with Crippen molar-refractivity contribution in [2.75, 3.05) is 39.0 Å². The van der Waals surface area contributed by atoms with Crippen molar-refractivity contribution in [1.82, 2.24) is 15.1 Å². The molecule has 2 amide bonds. The van der Waals surface area contributed by atoms with Gasteiger partial charge in [-0.25, -0.2) is 9.18 Å². The fourth-order valence-electron chi connectivity index (χ4n) is 3.08. The number of likely N-dealkylation sites (N-methyl/N-ethyl adjacent to an activating group) is 1. The van der Waals surface area contributed by atoms with Gasteiger partial charge in [-0.05, 0) is 45.5 Å². The lowest BCUT2D eigenvalue weighted by Gasteiger charge is -2.36. The Morgan fingerprint density at radius 3 is 2.36 bits per heavy atom. The Balaban J connectivity index is 2.25. The van der Waals surface area contributed by atoms with E-state index in [9.17, 15) is 14.0 Å². The molecule has 7 nitrogen and oxygen atoms in total. The molecule has 1 aliphatic heterocycles. The molecular formula is C20H31FN4O3. The normalized spacial score (nSPS) is 17.7. The van der Waals surface area contributed by atoms with Gasteiger partial charge in [0, 0.05) is 32.1 Å². The Kier molecular flexibility index (Phi) is 6.87. The van der Waals surface area contributed by atoms with Crippen LogP contribution in [0.5, 0.6) is 0 Å². The summed E-state index contributed by atoms with van der Waals surface area (Å²) in [4.78, 5) is 29.4. The van der Waals surface area contributed by atoms with E-state index in [2.05, 4.69) is 10.2 Å². The monoisotopic (exact) mass is 394 g/mol. The molecule has 1 heterocycles. The van der Waals surface area contributed by atoms with Crippen LogP contribution in [0, 0.1) is 5.82 Å². The summed E-state index contributed by atoms with van der Waals surface area (Å²) in [5, 5.41) is 2.69. The van der Waals surface area contributed by atoms with Gasteiger partial charge in [-0.2, -0.15) is 0 Å². The number of ether oxygens (including phenoxy) is 1. The summed E-state index contributed by atoms with van der Waals surface area (Å²) in [6.45, 7) is 9.70. The zero-order valence-electron chi connectivity index (χ0n) is 17.3. The summed E-state index contributed by atoms with van der Waals surface area (Å²) < 4.78 is 19.3. The smallest absolute Gasteiger partial charge is 0.408 e. The SMILES string of the molecule is C[C@@H](c1ccc(N)c(F)c1)[C@@H](NC(=O)OC(C)(C)C)C(=O)N1CCN(C)CC1. The maximum Gasteiger partial charge on any atom is 0.408 e. The van der Waals surface area contributed by atoms with Crippen molar-refractivity contribution in [2.24, 2.45) is 0 Å². The van der Waals surface area contributed by atoms with E-state index in [0.717, 1.165) is 13.1 Å². The number of halogens is 1. The third-order valence-electron chi connectivity index (χ3n) is 4.80. The third-order valence-corrected chi connectivity index (χ3v) is 4.80. The molecule has 0 bridgehead atoms. The largest absolute Gasteiger partial charge is 0.444 e. The van der Waals surface area contributed by atoms with Crippen LogP contribution in [-0.4, -0.2) is 66.7 Å². The highest BCUT2D eigenvalue weighted by molar-refractivity contribution is 5.87. The van der Waals surface area contributed by atoms with Gasteiger partial charge in [0.05, 0.1) is 5.69 Å². The number of nitrogens with one attached hydrogen (secondary N) is 1. The number of hydrogen-bond acceptors (Lipinski definition) is 5. The van der Waals surface area contributed by atoms with Crippen molar-refractivity contribution in [1.29, 1.82) is 0 Å². The summed E-state index contributed by atoms with van der Waals surface area (Å²) in [6, 6.07) is 3.57. The van der Waals surface area contributed by atoms with E-state index in [4.69, 9.17) is 10.5 Å². The van der Waals surface area contributed by atoms with E-state index in [1.54, 1.807) is 38.7 Å². The van der Waals surface area contributed by atoms with Crippen molar-refractivity contribution in [3.8, 4) is 0 Å². The van der Waals surface area contributed by atoms with Gasteiger partial charge in [0.2, 0.25) is 5.91 Å². The minimum atomic E-state index is -0.874. The first-order chi connectivity index (χ1) is 13.0. The lowest BCUT2D eigenvalue weighted by atomic mass is 9.91. The molecule has 1 saturated heterocycles. The second kappa shape index (κ2) is 8.77. The molecule has 2 rings (SSSR count). The van der Waals surface area contributed by atoms with Crippen LogP contribution in [0.4, 0.5) is 14.9 Å². The molecule has 1 aromatic rings. The maximum atomic E-state index is 13.9. The van der Waals surface area contributed by atoms with Crippen LogP contribution in [0.25, 0.3) is 0 Å². The molecular weight excluding hydrogens is 363 g/mol. The van der Waals surface area contributed by atoms with Crippen LogP contribution in [0.15, 0.2) is 18.2 Å². The molecule has 3 N–H and O–H groups in total. The van der Waals surface area contributed by atoms with Gasteiger partial charge in [-0.1, -0.05) is 13.0 Å². The lowest BCUT2D eigenvalue weighted by molar-refractivity contribution is -0.135. The zero-order valence-corrected chi connectivity index (χ0v) is 17.3. The van der Waals surface area contributed by atoms with Crippen LogP contribution in [0.3, 0.4) is 0 Å². The quantitative estimate of drug-likeness (QED) is 0.765. The highest BCUT2D eigenvalue weighted by Crippen LogP contribution is 2.24. The number of alkyl carbamates (subject to hydrolysis) is 1. The van der Waals surface area contributed by atoms with Crippen molar-refractivity contribution in [3.63, 3.8) is 0 Å². The van der Waals surface area contributed by atoms with Gasteiger partial charge in [0.1, 0.15) is 17.5 Å². The number of piperazine rings is 1. The van der Waals surface area contributed by atoms with Gasteiger partial charge in [-0.15, -0.1) is 0 Å². The molecule has 1 aromatic carbocycles. The first-order valence-electron chi connectivity index (χ1n) is 9.49. The minimum absolute atomic E-state index is 0.0398. The lowest BCUT2D eigenvalue weighted by Crippen LogP contribution is -2.56. The molecule has 1 fully saturated rings. The Labute approximate surface area is 166 Å². The predicted octanol–water partition coefficient (Wildman–Crippen LogP) is 2.18. The number of carbonyl (C=O) groups is 2. The van der Waals surface area contributed by atoms with Crippen molar-refractivity contribution < 1.29 is 18.7 Å². The molecule has 8 heteroatoms. The topological polar surface area (TPSA) is 87.9 Å². The number of amides is 2. The van der Waals surface area contributed by atoms with Crippen LogP contribution >= 0.6 is 0 Å². The van der Waals surface area contributed by atoms with E-state index in [0.29, 0.717) is 18.7 Å². The van der Waals surface area contributed by atoms with Crippen LogP contribution in [0.1, 0.15) is 39.2 Å².